The maximum Gasteiger partial charge on any atom is 0.407 e. The first-order valence-corrected chi connectivity index (χ1v) is 5.64. The number of nitrogens with one attached hydrogen (secondary N) is 1. The maximum atomic E-state index is 11.2. The average molecular weight is 235 g/mol. The molecule has 0 radical (unpaired) electrons. The molecule has 0 aliphatic carbocycles. The van der Waals surface area contributed by atoms with Gasteiger partial charge in [0.15, 0.2) is 5.78 Å². The fourth-order valence-corrected chi connectivity index (χ4v) is 1.28. The molecule has 0 spiro atoms. The first-order chi connectivity index (χ1) is 8.13. The molecule has 1 N–H and O–H groups in total. The Kier molecular flexibility index (Phi) is 5.20. The van der Waals surface area contributed by atoms with Gasteiger partial charge in [0.25, 0.3) is 0 Å². The number of carbonyl (C=O) groups excluding carboxylic acids is 2. The number of rotatable bonds is 5. The number of hydrogen-bond acceptors (Lipinski definition) is 3. The zero-order valence-electron chi connectivity index (χ0n) is 10.2. The van der Waals surface area contributed by atoms with Crippen molar-refractivity contribution in [1.29, 1.82) is 0 Å². The molecule has 0 aliphatic heterocycles. The van der Waals surface area contributed by atoms with Crippen LogP contribution in [0.15, 0.2) is 24.3 Å². The Morgan fingerprint density at radius 2 is 1.88 bits per heavy atom. The summed E-state index contributed by atoms with van der Waals surface area (Å²) in [5.41, 5.74) is 1.60. The van der Waals surface area contributed by atoms with E-state index >= 15 is 0 Å². The summed E-state index contributed by atoms with van der Waals surface area (Å²) in [5, 5.41) is 2.64. The van der Waals surface area contributed by atoms with Crippen molar-refractivity contribution in [2.24, 2.45) is 0 Å². The van der Waals surface area contributed by atoms with Crippen molar-refractivity contribution < 1.29 is 14.3 Å². The van der Waals surface area contributed by atoms with Crippen LogP contribution in [0.25, 0.3) is 0 Å². The second kappa shape index (κ2) is 6.68. The van der Waals surface area contributed by atoms with Gasteiger partial charge in [-0.25, -0.2) is 4.79 Å². The fraction of sp³-hybridized carbons (Fsp3) is 0.385. The summed E-state index contributed by atoms with van der Waals surface area (Å²) >= 11 is 0. The van der Waals surface area contributed by atoms with Crippen LogP contribution in [0.4, 0.5) is 4.79 Å². The topological polar surface area (TPSA) is 55.4 Å². The summed E-state index contributed by atoms with van der Waals surface area (Å²) in [4.78, 5) is 22.2. The molecule has 1 aromatic rings. The van der Waals surface area contributed by atoms with Gasteiger partial charge in [-0.3, -0.25) is 4.79 Å². The van der Waals surface area contributed by atoms with Crippen molar-refractivity contribution >= 4 is 11.9 Å². The van der Waals surface area contributed by atoms with Crippen LogP contribution >= 0.6 is 0 Å². The molecule has 0 unspecified atom stereocenters. The number of benzene rings is 1. The second-order valence-corrected chi connectivity index (χ2v) is 3.74. The Morgan fingerprint density at radius 1 is 1.24 bits per heavy atom. The molecule has 0 bridgehead atoms. The Labute approximate surface area is 101 Å². The molecule has 1 amide bonds. The molecular weight excluding hydrogens is 218 g/mol. The molecule has 1 rings (SSSR count). The van der Waals surface area contributed by atoms with E-state index in [0.717, 1.165) is 12.0 Å². The predicted molar refractivity (Wildman–Crippen MR) is 64.9 cm³/mol. The number of ketones is 1. The largest absolute Gasteiger partial charge is 0.450 e. The molecule has 0 heterocycles. The monoisotopic (exact) mass is 235 g/mol. The minimum absolute atomic E-state index is 0.0341. The van der Waals surface area contributed by atoms with Gasteiger partial charge < -0.3 is 10.1 Å². The molecule has 4 nitrogen and oxygen atoms in total. The second-order valence-electron chi connectivity index (χ2n) is 3.74. The normalized spacial score (nSPS) is 9.76. The van der Waals surface area contributed by atoms with Crippen LogP contribution in [0.5, 0.6) is 0 Å². The summed E-state index contributed by atoms with van der Waals surface area (Å²) < 4.78 is 4.87. The van der Waals surface area contributed by atoms with E-state index in [1.807, 2.05) is 19.1 Å². The van der Waals surface area contributed by atoms with E-state index in [4.69, 9.17) is 4.74 Å². The van der Waals surface area contributed by atoms with Crippen molar-refractivity contribution in [1.82, 2.24) is 5.32 Å². The van der Waals surface area contributed by atoms with Crippen LogP contribution in [0.3, 0.4) is 0 Å². The van der Waals surface area contributed by atoms with Crippen LogP contribution in [0, 0.1) is 0 Å². The first kappa shape index (κ1) is 13.2. The number of Topliss-reactive ketones (excluding diaryl/α,β-unsaturated/α-hetero) is 1. The van der Waals surface area contributed by atoms with Gasteiger partial charge in [0.05, 0.1) is 6.61 Å². The third kappa shape index (κ3) is 4.68. The van der Waals surface area contributed by atoms with Gasteiger partial charge in [0, 0.05) is 12.1 Å². The number of amides is 1. The molecule has 17 heavy (non-hydrogen) atoms. The highest BCUT2D eigenvalue weighted by molar-refractivity contribution is 5.94. The summed E-state index contributed by atoms with van der Waals surface area (Å²) in [7, 11) is 0. The molecule has 4 heteroatoms. The van der Waals surface area contributed by atoms with Crippen LogP contribution < -0.4 is 5.32 Å². The summed E-state index contributed by atoms with van der Waals surface area (Å²) in [6.07, 6.45) is 0.392. The lowest BCUT2D eigenvalue weighted by molar-refractivity contribution is 0.101. The van der Waals surface area contributed by atoms with Crippen molar-refractivity contribution in [3.8, 4) is 0 Å². The van der Waals surface area contributed by atoms with Gasteiger partial charge in [-0.1, -0.05) is 31.2 Å². The fourth-order valence-electron chi connectivity index (χ4n) is 1.28. The smallest absolute Gasteiger partial charge is 0.407 e. The average Bonchev–Trinajstić information content (AvgIpc) is 2.34. The minimum Gasteiger partial charge on any atom is -0.450 e. The summed E-state index contributed by atoms with van der Waals surface area (Å²) in [5.74, 6) is 0.0341. The Balaban J connectivity index is 2.42. The molecule has 0 atom stereocenters. The van der Waals surface area contributed by atoms with Crippen molar-refractivity contribution in [2.75, 3.05) is 6.61 Å². The van der Waals surface area contributed by atoms with Gasteiger partial charge >= 0.3 is 6.09 Å². The third-order valence-corrected chi connectivity index (χ3v) is 2.23. The molecular formula is C13H17NO3. The van der Waals surface area contributed by atoms with Crippen LogP contribution in [0.1, 0.15) is 36.2 Å². The highest BCUT2D eigenvalue weighted by atomic mass is 16.5. The van der Waals surface area contributed by atoms with Crippen molar-refractivity contribution in [2.45, 2.75) is 26.8 Å². The van der Waals surface area contributed by atoms with E-state index in [1.54, 1.807) is 12.1 Å². The highest BCUT2D eigenvalue weighted by Crippen LogP contribution is 2.04. The van der Waals surface area contributed by atoms with Gasteiger partial charge in [-0.2, -0.15) is 0 Å². The molecule has 0 saturated carbocycles. The standard InChI is InChI=1S/C13H17NO3/c1-3-8-17-13(16)14-9-11-4-6-12(7-5-11)10(2)15/h4-7H,3,8-9H2,1-2H3,(H,14,16). The number of ether oxygens (including phenoxy) is 1. The minimum atomic E-state index is -0.414. The van der Waals surface area contributed by atoms with Gasteiger partial charge in [0.2, 0.25) is 0 Å². The number of alkyl carbamates (subject to hydrolysis) is 1. The number of hydrogen-bond donors (Lipinski definition) is 1. The summed E-state index contributed by atoms with van der Waals surface area (Å²) in [6.45, 7) is 4.29. The Morgan fingerprint density at radius 3 is 2.41 bits per heavy atom. The van der Waals surface area contributed by atoms with E-state index in [-0.39, 0.29) is 5.78 Å². The highest BCUT2D eigenvalue weighted by Gasteiger charge is 2.02. The first-order valence-electron chi connectivity index (χ1n) is 5.64. The lowest BCUT2D eigenvalue weighted by atomic mass is 10.1. The van der Waals surface area contributed by atoms with Crippen molar-refractivity contribution in [3.05, 3.63) is 35.4 Å². The summed E-state index contributed by atoms with van der Waals surface area (Å²) in [6, 6.07) is 7.13. The molecule has 0 fully saturated rings. The van der Waals surface area contributed by atoms with Crippen molar-refractivity contribution in [3.63, 3.8) is 0 Å². The lowest BCUT2D eigenvalue weighted by Crippen LogP contribution is -2.24. The quantitative estimate of drug-likeness (QED) is 0.798. The van der Waals surface area contributed by atoms with Crippen LogP contribution in [-0.4, -0.2) is 18.5 Å². The Hall–Kier alpha value is -1.84. The number of carbonyl (C=O) groups is 2. The van der Waals surface area contributed by atoms with Crippen LogP contribution in [-0.2, 0) is 11.3 Å². The molecule has 0 aliphatic rings. The molecule has 92 valence electrons. The van der Waals surface area contributed by atoms with Crippen LogP contribution in [0.2, 0.25) is 0 Å². The maximum absolute atomic E-state index is 11.2. The van der Waals surface area contributed by atoms with E-state index in [1.165, 1.54) is 6.92 Å². The van der Waals surface area contributed by atoms with E-state index in [9.17, 15) is 9.59 Å². The molecule has 0 saturated heterocycles. The van der Waals surface area contributed by atoms with E-state index < -0.39 is 6.09 Å². The van der Waals surface area contributed by atoms with Gasteiger partial charge in [0.1, 0.15) is 0 Å². The molecule has 1 aromatic carbocycles. The third-order valence-electron chi connectivity index (χ3n) is 2.23. The Bertz CT molecular complexity index is 384. The lowest BCUT2D eigenvalue weighted by Gasteiger charge is -2.06. The molecule has 0 aromatic heterocycles. The SMILES string of the molecule is CCCOC(=O)NCc1ccc(C(C)=O)cc1. The zero-order valence-corrected chi connectivity index (χ0v) is 10.2. The zero-order chi connectivity index (χ0) is 12.7. The van der Waals surface area contributed by atoms with E-state index in [0.29, 0.717) is 18.7 Å². The van der Waals surface area contributed by atoms with Gasteiger partial charge in [-0.15, -0.1) is 0 Å². The van der Waals surface area contributed by atoms with E-state index in [2.05, 4.69) is 5.32 Å². The van der Waals surface area contributed by atoms with Gasteiger partial charge in [-0.05, 0) is 18.9 Å². The predicted octanol–water partition coefficient (Wildman–Crippen LogP) is 2.53.